The number of ether oxygens (including phenoxy) is 1. The minimum atomic E-state index is -1.13. The van der Waals surface area contributed by atoms with Gasteiger partial charge >= 0.3 is 5.97 Å². The summed E-state index contributed by atoms with van der Waals surface area (Å²) in [5.74, 6) is -1.32. The van der Waals surface area contributed by atoms with E-state index in [1.54, 1.807) is 18.6 Å². The van der Waals surface area contributed by atoms with Gasteiger partial charge in [-0.1, -0.05) is 0 Å². The first-order chi connectivity index (χ1) is 15.5. The lowest BCUT2D eigenvalue weighted by atomic mass is 10.0. The van der Waals surface area contributed by atoms with Crippen molar-refractivity contribution >= 4 is 17.6 Å². The molecule has 2 aromatic heterocycles. The highest BCUT2D eigenvalue weighted by Gasteiger charge is 2.19. The third-order valence-corrected chi connectivity index (χ3v) is 5.59. The van der Waals surface area contributed by atoms with Crippen LogP contribution in [0, 0.1) is 5.82 Å². The second-order valence-electron chi connectivity index (χ2n) is 7.81. The Hall–Kier alpha value is -3.53. The highest BCUT2D eigenvalue weighted by atomic mass is 19.1. The van der Waals surface area contributed by atoms with Crippen LogP contribution in [-0.4, -0.2) is 51.0 Å². The van der Waals surface area contributed by atoms with E-state index < -0.39 is 11.8 Å². The highest BCUT2D eigenvalue weighted by molar-refractivity contribution is 5.88. The van der Waals surface area contributed by atoms with Crippen LogP contribution < -0.4 is 15.4 Å². The number of nitrogens with zero attached hydrogens (tertiary/aromatic N) is 4. The summed E-state index contributed by atoms with van der Waals surface area (Å²) in [6, 6.07) is 2.92. The maximum atomic E-state index is 14.5. The first-order valence-electron chi connectivity index (χ1n) is 10.6. The van der Waals surface area contributed by atoms with Crippen LogP contribution in [0.25, 0.3) is 0 Å². The second kappa shape index (κ2) is 9.73. The van der Waals surface area contributed by atoms with Crippen LogP contribution in [0.4, 0.5) is 16.0 Å². The summed E-state index contributed by atoms with van der Waals surface area (Å²) in [4.78, 5) is 19.9. The van der Waals surface area contributed by atoms with E-state index >= 15 is 0 Å². The van der Waals surface area contributed by atoms with Gasteiger partial charge in [-0.2, -0.15) is 5.10 Å². The molecular weight excluding hydrogens is 415 g/mol. The number of carboxylic acids is 1. The number of nitrogens with one attached hydrogen (secondary N) is 1. The fourth-order valence-electron chi connectivity index (χ4n) is 3.83. The van der Waals surface area contributed by atoms with Gasteiger partial charge in [0, 0.05) is 18.6 Å². The van der Waals surface area contributed by atoms with E-state index in [1.165, 1.54) is 32.2 Å². The van der Waals surface area contributed by atoms with Gasteiger partial charge in [0.15, 0.2) is 11.6 Å². The number of hydrogen-bond donors (Lipinski definition) is 3. The first-order valence-corrected chi connectivity index (χ1v) is 10.6. The number of carbonyl (C=O) groups is 1. The van der Waals surface area contributed by atoms with Crippen molar-refractivity contribution in [3.05, 3.63) is 59.4 Å². The molecule has 0 bridgehead atoms. The van der Waals surface area contributed by atoms with Gasteiger partial charge in [-0.05, 0) is 48.9 Å². The minimum absolute atomic E-state index is 0.0132. The number of anilines is 2. The van der Waals surface area contributed by atoms with Crippen molar-refractivity contribution in [2.45, 2.75) is 31.7 Å². The molecule has 168 valence electrons. The van der Waals surface area contributed by atoms with E-state index in [-0.39, 0.29) is 16.9 Å². The van der Waals surface area contributed by atoms with E-state index in [4.69, 9.17) is 4.74 Å². The summed E-state index contributed by atoms with van der Waals surface area (Å²) in [7, 11) is 1.31. The third-order valence-electron chi connectivity index (χ3n) is 5.59. The number of methoxy groups -OCH3 is 1. The number of piperidine rings is 1. The van der Waals surface area contributed by atoms with Gasteiger partial charge in [-0.25, -0.2) is 19.2 Å². The topological polar surface area (TPSA) is 119 Å². The predicted molar refractivity (Wildman–Crippen MR) is 115 cm³/mol. The Balaban J connectivity index is 1.38. The van der Waals surface area contributed by atoms with Crippen molar-refractivity contribution in [2.75, 3.05) is 25.5 Å². The Morgan fingerprint density at radius 2 is 2.12 bits per heavy atom. The van der Waals surface area contributed by atoms with Gasteiger partial charge in [0.1, 0.15) is 6.04 Å². The number of halogens is 1. The minimum Gasteiger partial charge on any atom is -0.494 e. The Bertz CT molecular complexity index is 1080. The summed E-state index contributed by atoms with van der Waals surface area (Å²) in [6.45, 7) is 2.21. The number of quaternary nitrogens is 1. The fraction of sp³-hybridized carbons (Fsp3) is 0.364. The van der Waals surface area contributed by atoms with Gasteiger partial charge < -0.3 is 20.5 Å². The molecule has 1 atom stereocenters. The zero-order valence-electron chi connectivity index (χ0n) is 17.8. The van der Waals surface area contributed by atoms with Crippen LogP contribution in [0.2, 0.25) is 0 Å². The molecule has 4 N–H and O–H groups in total. The monoisotopic (exact) mass is 441 g/mol. The Kier molecular flexibility index (Phi) is 6.60. The molecule has 1 fully saturated rings. The van der Waals surface area contributed by atoms with E-state index in [1.807, 2.05) is 10.9 Å². The molecule has 3 heterocycles. The van der Waals surface area contributed by atoms with Crippen LogP contribution in [0.1, 0.15) is 40.4 Å². The number of hydrogen-bond acceptors (Lipinski definition) is 6. The van der Waals surface area contributed by atoms with E-state index in [2.05, 4.69) is 25.7 Å². The van der Waals surface area contributed by atoms with E-state index in [0.717, 1.165) is 24.2 Å². The lowest BCUT2D eigenvalue weighted by Gasteiger charge is -2.20. The average Bonchev–Trinajstić information content (AvgIpc) is 3.28. The predicted octanol–water partition coefficient (Wildman–Crippen LogP) is 1.95. The van der Waals surface area contributed by atoms with Crippen molar-refractivity contribution in [3.63, 3.8) is 0 Å². The molecule has 9 nitrogen and oxygen atoms in total. The molecule has 10 heteroatoms. The maximum Gasteiger partial charge on any atom is 0.335 e. The lowest BCUT2D eigenvalue weighted by molar-refractivity contribution is -0.667. The number of benzene rings is 1. The number of aromatic nitrogens is 4. The first kappa shape index (κ1) is 21.7. The molecule has 32 heavy (non-hydrogen) atoms. The zero-order chi connectivity index (χ0) is 22.5. The largest absolute Gasteiger partial charge is 0.494 e. The van der Waals surface area contributed by atoms with Crippen molar-refractivity contribution in [3.8, 4) is 5.75 Å². The molecule has 1 aliphatic rings. The van der Waals surface area contributed by atoms with Crippen molar-refractivity contribution in [1.29, 1.82) is 0 Å². The Morgan fingerprint density at radius 3 is 2.81 bits per heavy atom. The molecule has 0 unspecified atom stereocenters. The van der Waals surface area contributed by atoms with Crippen molar-refractivity contribution < 1.29 is 24.3 Å². The summed E-state index contributed by atoms with van der Waals surface area (Å²) in [5, 5.41) is 19.1. The summed E-state index contributed by atoms with van der Waals surface area (Å²) >= 11 is 0. The van der Waals surface area contributed by atoms with Gasteiger partial charge in [0.2, 0.25) is 5.95 Å². The number of aromatic carboxylic acids is 1. The number of aryl methyl sites for hydroxylation is 2. The van der Waals surface area contributed by atoms with Gasteiger partial charge in [-0.15, -0.1) is 0 Å². The molecule has 0 aliphatic carbocycles. The third kappa shape index (κ3) is 5.02. The number of carboxylic acid groups (broad SMARTS) is 1. The molecular formula is C22H26FN6O3+. The SMILES string of the molecule is COc1cc(C(=O)O)cc(CCc2cnc(Nc3cnn([C@@H]4CCC[NH2+]C4)c3)nc2)c1F. The summed E-state index contributed by atoms with van der Waals surface area (Å²) < 4.78 is 21.4. The van der Waals surface area contributed by atoms with Crippen LogP contribution in [0.5, 0.6) is 5.75 Å². The molecule has 0 spiro atoms. The van der Waals surface area contributed by atoms with Crippen molar-refractivity contribution in [2.24, 2.45) is 0 Å². The quantitative estimate of drug-likeness (QED) is 0.489. The van der Waals surface area contributed by atoms with Crippen LogP contribution in [0.15, 0.2) is 36.9 Å². The van der Waals surface area contributed by atoms with E-state index in [9.17, 15) is 14.3 Å². The number of rotatable bonds is 8. The number of nitrogens with two attached hydrogens (primary N) is 1. The molecule has 0 saturated carbocycles. The molecule has 1 saturated heterocycles. The lowest BCUT2D eigenvalue weighted by Crippen LogP contribution is -2.87. The normalized spacial score (nSPS) is 16.0. The summed E-state index contributed by atoms with van der Waals surface area (Å²) in [5.41, 5.74) is 1.89. The molecule has 3 aromatic rings. The van der Waals surface area contributed by atoms with Gasteiger partial charge in [-0.3, -0.25) is 4.68 Å². The Labute approximate surface area is 184 Å². The zero-order valence-corrected chi connectivity index (χ0v) is 17.8. The fourth-order valence-corrected chi connectivity index (χ4v) is 3.83. The average molecular weight is 441 g/mol. The highest BCUT2D eigenvalue weighted by Crippen LogP contribution is 2.24. The molecule has 0 amide bonds. The van der Waals surface area contributed by atoms with Crippen LogP contribution in [0.3, 0.4) is 0 Å². The van der Waals surface area contributed by atoms with Gasteiger partial charge in [0.25, 0.3) is 0 Å². The van der Waals surface area contributed by atoms with Crippen molar-refractivity contribution in [1.82, 2.24) is 19.7 Å². The van der Waals surface area contributed by atoms with Gasteiger partial charge in [0.05, 0.1) is 37.6 Å². The second-order valence-corrected chi connectivity index (χ2v) is 7.81. The smallest absolute Gasteiger partial charge is 0.335 e. The Morgan fingerprint density at radius 1 is 1.31 bits per heavy atom. The molecule has 1 aliphatic heterocycles. The van der Waals surface area contributed by atoms with Crippen LogP contribution in [-0.2, 0) is 12.8 Å². The van der Waals surface area contributed by atoms with Crippen LogP contribution >= 0.6 is 0 Å². The molecule has 4 rings (SSSR count). The summed E-state index contributed by atoms with van der Waals surface area (Å²) in [6.07, 6.45) is 10.1. The maximum absolute atomic E-state index is 14.5. The molecule has 1 aromatic carbocycles. The van der Waals surface area contributed by atoms with E-state index in [0.29, 0.717) is 24.8 Å². The standard InChI is InChI=1S/C22H25FN6O3/c1-32-19-8-16(21(30)31)7-15(20(19)23)5-4-14-9-25-22(26-10-14)28-17-11-27-29(13-17)18-3-2-6-24-12-18/h7-11,13,18,24H,2-6,12H2,1H3,(H,30,31)(H,25,26,28)/p+1/t18-/m1/s1. The molecule has 0 radical (unpaired) electrons.